The summed E-state index contributed by atoms with van der Waals surface area (Å²) in [6.45, 7) is 2.78. The van der Waals surface area contributed by atoms with Crippen molar-refractivity contribution < 1.29 is 4.39 Å². The molecule has 1 atom stereocenters. The van der Waals surface area contributed by atoms with E-state index < -0.39 is 0 Å². The predicted octanol–water partition coefficient (Wildman–Crippen LogP) is 3.93. The molecule has 1 saturated heterocycles. The van der Waals surface area contributed by atoms with E-state index in [0.717, 1.165) is 29.9 Å². The first-order valence-electron chi connectivity index (χ1n) is 9.26. The number of rotatable bonds is 6. The second kappa shape index (κ2) is 8.22. The quantitative estimate of drug-likeness (QED) is 0.719. The van der Waals surface area contributed by atoms with Gasteiger partial charge in [0, 0.05) is 30.7 Å². The molecule has 0 amide bonds. The highest BCUT2D eigenvalue weighted by atomic mass is 19.1. The van der Waals surface area contributed by atoms with E-state index in [1.165, 1.54) is 25.0 Å². The third-order valence-electron chi connectivity index (χ3n) is 4.90. The first-order valence-corrected chi connectivity index (χ1v) is 9.26. The first-order chi connectivity index (χ1) is 13.3. The molecule has 2 aromatic heterocycles. The standard InChI is InChI=1S/C21H22FN5/c22-18-7-5-16(6-8-18)20(27-12-1-2-13-27)15-25-21-24-11-9-19(26-21)17-4-3-10-23-14-17/h3-11,14,20H,1-2,12-13,15H2,(H,24,25,26). The zero-order chi connectivity index (χ0) is 18.5. The number of hydrogen-bond acceptors (Lipinski definition) is 5. The van der Waals surface area contributed by atoms with Crippen LogP contribution in [0.4, 0.5) is 10.3 Å². The van der Waals surface area contributed by atoms with Crippen LogP contribution in [0.3, 0.4) is 0 Å². The minimum absolute atomic E-state index is 0.166. The van der Waals surface area contributed by atoms with Gasteiger partial charge in [-0.15, -0.1) is 0 Å². The van der Waals surface area contributed by atoms with Gasteiger partial charge in [-0.3, -0.25) is 9.88 Å². The molecule has 3 aromatic rings. The van der Waals surface area contributed by atoms with E-state index in [2.05, 4.69) is 25.2 Å². The van der Waals surface area contributed by atoms with Crippen molar-refractivity contribution in [2.24, 2.45) is 0 Å². The molecule has 1 aliphatic heterocycles. The van der Waals surface area contributed by atoms with Gasteiger partial charge in [0.15, 0.2) is 0 Å². The summed E-state index contributed by atoms with van der Waals surface area (Å²) in [5.41, 5.74) is 2.90. The lowest BCUT2D eigenvalue weighted by atomic mass is 10.1. The van der Waals surface area contributed by atoms with Gasteiger partial charge in [0.1, 0.15) is 5.82 Å². The minimum Gasteiger partial charge on any atom is -0.352 e. The van der Waals surface area contributed by atoms with Gasteiger partial charge in [-0.2, -0.15) is 0 Å². The van der Waals surface area contributed by atoms with Gasteiger partial charge in [0.2, 0.25) is 5.95 Å². The van der Waals surface area contributed by atoms with Crippen molar-refractivity contribution in [1.82, 2.24) is 19.9 Å². The van der Waals surface area contributed by atoms with E-state index in [1.54, 1.807) is 18.6 Å². The molecule has 4 rings (SSSR count). The minimum atomic E-state index is -0.209. The molecular formula is C21H22FN5. The third kappa shape index (κ3) is 4.28. The summed E-state index contributed by atoms with van der Waals surface area (Å²) in [6, 6.07) is 12.7. The lowest BCUT2D eigenvalue weighted by Gasteiger charge is -2.28. The van der Waals surface area contributed by atoms with E-state index in [0.29, 0.717) is 12.5 Å². The smallest absolute Gasteiger partial charge is 0.223 e. The van der Waals surface area contributed by atoms with Crippen LogP contribution in [0.25, 0.3) is 11.3 Å². The summed E-state index contributed by atoms with van der Waals surface area (Å²) in [7, 11) is 0. The average Bonchev–Trinajstić information content (AvgIpc) is 3.25. The van der Waals surface area contributed by atoms with E-state index in [1.807, 2.05) is 30.3 Å². The van der Waals surface area contributed by atoms with Crippen molar-refractivity contribution in [1.29, 1.82) is 0 Å². The van der Waals surface area contributed by atoms with Crippen molar-refractivity contribution >= 4 is 5.95 Å². The van der Waals surface area contributed by atoms with Gasteiger partial charge < -0.3 is 5.32 Å². The van der Waals surface area contributed by atoms with Crippen LogP contribution in [0.1, 0.15) is 24.4 Å². The van der Waals surface area contributed by atoms with Crippen LogP contribution in [-0.2, 0) is 0 Å². The molecular weight excluding hydrogens is 341 g/mol. The molecule has 0 spiro atoms. The maximum absolute atomic E-state index is 13.3. The Hall–Kier alpha value is -2.86. The number of anilines is 1. The average molecular weight is 363 g/mol. The van der Waals surface area contributed by atoms with Crippen molar-refractivity contribution in [3.05, 3.63) is 72.4 Å². The molecule has 3 heterocycles. The molecule has 0 bridgehead atoms. The fraction of sp³-hybridized carbons (Fsp3) is 0.286. The number of pyridine rings is 1. The first kappa shape index (κ1) is 17.5. The van der Waals surface area contributed by atoms with Crippen molar-refractivity contribution in [2.75, 3.05) is 25.0 Å². The number of nitrogens with one attached hydrogen (secondary N) is 1. The van der Waals surface area contributed by atoms with E-state index >= 15 is 0 Å². The summed E-state index contributed by atoms with van der Waals surface area (Å²) in [5.74, 6) is 0.377. The summed E-state index contributed by atoms with van der Waals surface area (Å²) in [5, 5.41) is 3.37. The van der Waals surface area contributed by atoms with E-state index in [4.69, 9.17) is 0 Å². The summed E-state index contributed by atoms with van der Waals surface area (Å²) in [4.78, 5) is 15.5. The summed E-state index contributed by atoms with van der Waals surface area (Å²) < 4.78 is 13.3. The maximum atomic E-state index is 13.3. The fourth-order valence-corrected chi connectivity index (χ4v) is 3.50. The van der Waals surface area contributed by atoms with Gasteiger partial charge >= 0.3 is 0 Å². The van der Waals surface area contributed by atoms with Crippen molar-refractivity contribution in [3.8, 4) is 11.3 Å². The third-order valence-corrected chi connectivity index (χ3v) is 4.90. The lowest BCUT2D eigenvalue weighted by molar-refractivity contribution is 0.255. The second-order valence-corrected chi connectivity index (χ2v) is 6.70. The number of halogens is 1. The van der Waals surface area contributed by atoms with Crippen LogP contribution in [0.5, 0.6) is 0 Å². The molecule has 27 heavy (non-hydrogen) atoms. The van der Waals surface area contributed by atoms with Crippen LogP contribution < -0.4 is 5.32 Å². The molecule has 1 aromatic carbocycles. The molecule has 5 nitrogen and oxygen atoms in total. The van der Waals surface area contributed by atoms with Gasteiger partial charge in [0.05, 0.1) is 11.7 Å². The van der Waals surface area contributed by atoms with Crippen LogP contribution in [-0.4, -0.2) is 39.5 Å². The Labute approximate surface area is 158 Å². The predicted molar refractivity (Wildman–Crippen MR) is 104 cm³/mol. The molecule has 0 radical (unpaired) electrons. The molecule has 1 unspecified atom stereocenters. The Kier molecular flexibility index (Phi) is 5.34. The van der Waals surface area contributed by atoms with Crippen molar-refractivity contribution in [2.45, 2.75) is 18.9 Å². The fourth-order valence-electron chi connectivity index (χ4n) is 3.50. The van der Waals surface area contributed by atoms with Gasteiger partial charge in [-0.1, -0.05) is 12.1 Å². The normalized spacial score (nSPS) is 15.6. The van der Waals surface area contributed by atoms with Gasteiger partial charge in [0.25, 0.3) is 0 Å². The SMILES string of the molecule is Fc1ccc(C(CNc2nccc(-c3cccnc3)n2)N2CCCC2)cc1. The molecule has 6 heteroatoms. The molecule has 1 aliphatic rings. The van der Waals surface area contributed by atoms with E-state index in [9.17, 15) is 4.39 Å². The number of likely N-dealkylation sites (tertiary alicyclic amines) is 1. The highest BCUT2D eigenvalue weighted by Gasteiger charge is 2.23. The molecule has 1 N–H and O–H groups in total. The topological polar surface area (TPSA) is 53.9 Å². The highest BCUT2D eigenvalue weighted by Crippen LogP contribution is 2.26. The Balaban J connectivity index is 1.51. The summed E-state index contributed by atoms with van der Waals surface area (Å²) >= 11 is 0. The zero-order valence-corrected chi connectivity index (χ0v) is 15.1. The number of hydrogen-bond donors (Lipinski definition) is 1. The van der Waals surface area contributed by atoms with E-state index in [-0.39, 0.29) is 11.9 Å². The van der Waals surface area contributed by atoms with Crippen LogP contribution >= 0.6 is 0 Å². The molecule has 1 fully saturated rings. The number of nitrogens with zero attached hydrogens (tertiary/aromatic N) is 4. The molecule has 0 saturated carbocycles. The lowest BCUT2D eigenvalue weighted by Crippen LogP contribution is -2.31. The van der Waals surface area contributed by atoms with Gasteiger partial charge in [-0.25, -0.2) is 14.4 Å². The number of benzene rings is 1. The zero-order valence-electron chi connectivity index (χ0n) is 15.1. The monoisotopic (exact) mass is 363 g/mol. The Bertz CT molecular complexity index is 863. The second-order valence-electron chi connectivity index (χ2n) is 6.70. The highest BCUT2D eigenvalue weighted by molar-refractivity contribution is 5.58. The Morgan fingerprint density at radius 2 is 1.85 bits per heavy atom. The Morgan fingerprint density at radius 3 is 2.59 bits per heavy atom. The van der Waals surface area contributed by atoms with Crippen LogP contribution in [0.15, 0.2) is 61.1 Å². The largest absolute Gasteiger partial charge is 0.352 e. The van der Waals surface area contributed by atoms with Crippen molar-refractivity contribution in [3.63, 3.8) is 0 Å². The maximum Gasteiger partial charge on any atom is 0.223 e. The Morgan fingerprint density at radius 1 is 1.04 bits per heavy atom. The number of aromatic nitrogens is 3. The summed E-state index contributed by atoms with van der Waals surface area (Å²) in [6.07, 6.45) is 7.68. The molecule has 138 valence electrons. The van der Waals surface area contributed by atoms with Crippen LogP contribution in [0, 0.1) is 5.82 Å². The van der Waals surface area contributed by atoms with Crippen LogP contribution in [0.2, 0.25) is 0 Å². The van der Waals surface area contributed by atoms with Gasteiger partial charge in [-0.05, 0) is 61.8 Å². The molecule has 0 aliphatic carbocycles.